The Bertz CT molecular complexity index is 1260. The zero-order valence-electron chi connectivity index (χ0n) is 24.0. The molecule has 0 radical (unpaired) electrons. The maximum Gasteiger partial charge on any atom is 0.322 e. The Labute approximate surface area is 236 Å². The van der Waals surface area contributed by atoms with Gasteiger partial charge in [0.2, 0.25) is 5.91 Å². The molecule has 7 nitrogen and oxygen atoms in total. The number of unbranched alkanes of at least 4 members (excludes halogenated alkanes) is 1. The number of carbonyl (C=O) groups is 2. The zero-order chi connectivity index (χ0) is 28.4. The molecule has 0 aliphatic heterocycles. The molecule has 0 saturated heterocycles. The number of hydrogen-bond acceptors (Lipinski definition) is 5. The molecular formula is C31H41N3O4S. The van der Waals surface area contributed by atoms with E-state index in [2.05, 4.69) is 31.3 Å². The highest BCUT2D eigenvalue weighted by atomic mass is 32.1. The molecule has 3 amide bonds. The van der Waals surface area contributed by atoms with Crippen molar-refractivity contribution >= 4 is 29.0 Å². The summed E-state index contributed by atoms with van der Waals surface area (Å²) in [5.74, 6) is 1.26. The van der Waals surface area contributed by atoms with Crippen molar-refractivity contribution in [2.45, 2.75) is 53.5 Å². The van der Waals surface area contributed by atoms with E-state index in [1.54, 1.807) is 30.5 Å². The number of nitrogens with zero attached hydrogens (tertiary/aromatic N) is 2. The lowest BCUT2D eigenvalue weighted by atomic mass is 10.1. The van der Waals surface area contributed by atoms with E-state index in [9.17, 15) is 9.59 Å². The predicted molar refractivity (Wildman–Crippen MR) is 159 cm³/mol. The molecule has 1 aromatic heterocycles. The molecule has 210 valence electrons. The molecule has 0 fully saturated rings. The SMILES string of the molecule is CCCCN(CC(=O)N(CCc1ccc(OC)c(OC)c1)Cc1ccc(C)s1)C(=O)Nc1ccc(C)cc1C. The number of anilines is 1. The van der Waals surface area contributed by atoms with Crippen LogP contribution < -0.4 is 14.8 Å². The first-order valence-corrected chi connectivity index (χ1v) is 14.2. The van der Waals surface area contributed by atoms with E-state index >= 15 is 0 Å². The second-order valence-corrected chi connectivity index (χ2v) is 11.2. The van der Waals surface area contributed by atoms with E-state index in [4.69, 9.17) is 9.47 Å². The molecule has 0 aliphatic rings. The summed E-state index contributed by atoms with van der Waals surface area (Å²) in [6.45, 7) is 9.70. The van der Waals surface area contributed by atoms with Gasteiger partial charge in [-0.05, 0) is 75.1 Å². The molecular weight excluding hydrogens is 510 g/mol. The summed E-state index contributed by atoms with van der Waals surface area (Å²) in [6, 6.07) is 15.6. The number of methoxy groups -OCH3 is 2. The quantitative estimate of drug-likeness (QED) is 0.260. The lowest BCUT2D eigenvalue weighted by Crippen LogP contribution is -2.45. The number of urea groups is 1. The minimum absolute atomic E-state index is 0.0209. The van der Waals surface area contributed by atoms with Gasteiger partial charge in [-0.25, -0.2) is 4.79 Å². The van der Waals surface area contributed by atoms with Crippen molar-refractivity contribution in [2.24, 2.45) is 0 Å². The number of hydrogen-bond donors (Lipinski definition) is 1. The minimum atomic E-state index is -0.254. The molecule has 0 unspecified atom stereocenters. The van der Waals surface area contributed by atoms with E-state index < -0.39 is 0 Å². The second kappa shape index (κ2) is 14.6. The highest BCUT2D eigenvalue weighted by Gasteiger charge is 2.22. The van der Waals surface area contributed by atoms with Gasteiger partial charge in [0.15, 0.2) is 11.5 Å². The molecule has 3 aromatic rings. The fourth-order valence-electron chi connectivity index (χ4n) is 4.36. The van der Waals surface area contributed by atoms with Gasteiger partial charge in [-0.15, -0.1) is 11.3 Å². The van der Waals surface area contributed by atoms with Crippen molar-refractivity contribution < 1.29 is 19.1 Å². The van der Waals surface area contributed by atoms with Gasteiger partial charge in [0.1, 0.15) is 6.54 Å². The van der Waals surface area contributed by atoms with E-state index in [1.165, 1.54) is 4.88 Å². The molecule has 3 rings (SSSR count). The van der Waals surface area contributed by atoms with Crippen LogP contribution in [0.2, 0.25) is 0 Å². The Hall–Kier alpha value is -3.52. The van der Waals surface area contributed by atoms with E-state index in [0.717, 1.165) is 40.1 Å². The first-order chi connectivity index (χ1) is 18.7. The number of nitrogens with one attached hydrogen (secondary N) is 1. The number of amides is 3. The summed E-state index contributed by atoms with van der Waals surface area (Å²) in [4.78, 5) is 32.8. The summed E-state index contributed by atoms with van der Waals surface area (Å²) >= 11 is 1.69. The van der Waals surface area contributed by atoms with E-state index in [-0.39, 0.29) is 18.5 Å². The smallest absolute Gasteiger partial charge is 0.322 e. The molecule has 1 heterocycles. The van der Waals surface area contributed by atoms with Crippen LogP contribution in [0.5, 0.6) is 11.5 Å². The lowest BCUT2D eigenvalue weighted by molar-refractivity contribution is -0.132. The van der Waals surface area contributed by atoms with Gasteiger partial charge in [-0.2, -0.15) is 0 Å². The van der Waals surface area contributed by atoms with Gasteiger partial charge >= 0.3 is 6.03 Å². The van der Waals surface area contributed by atoms with Crippen molar-refractivity contribution in [2.75, 3.05) is 39.2 Å². The number of thiophene rings is 1. The van der Waals surface area contributed by atoms with Crippen LogP contribution in [-0.4, -0.2) is 55.6 Å². The average molecular weight is 552 g/mol. The summed E-state index contributed by atoms with van der Waals surface area (Å²) in [5.41, 5.74) is 3.94. The Kier molecular flexibility index (Phi) is 11.2. The molecule has 0 bridgehead atoms. The van der Waals surface area contributed by atoms with E-state index in [1.807, 2.05) is 55.1 Å². The normalized spacial score (nSPS) is 10.7. The van der Waals surface area contributed by atoms with Gasteiger partial charge in [-0.3, -0.25) is 4.79 Å². The Morgan fingerprint density at radius 3 is 2.31 bits per heavy atom. The van der Waals surface area contributed by atoms with Crippen molar-refractivity contribution in [1.29, 1.82) is 0 Å². The Balaban J connectivity index is 1.77. The van der Waals surface area contributed by atoms with Crippen molar-refractivity contribution in [1.82, 2.24) is 9.80 Å². The summed E-state index contributed by atoms with van der Waals surface area (Å²) in [6.07, 6.45) is 2.41. The van der Waals surface area contributed by atoms with Crippen LogP contribution in [0.15, 0.2) is 48.5 Å². The van der Waals surface area contributed by atoms with Crippen LogP contribution in [0.25, 0.3) is 0 Å². The molecule has 0 atom stereocenters. The summed E-state index contributed by atoms with van der Waals surface area (Å²) in [7, 11) is 3.23. The van der Waals surface area contributed by atoms with Crippen molar-refractivity contribution in [3.8, 4) is 11.5 Å². The first kappa shape index (κ1) is 30.0. The molecule has 0 saturated carbocycles. The monoisotopic (exact) mass is 551 g/mol. The maximum atomic E-state index is 13.7. The second-order valence-electron chi connectivity index (χ2n) is 9.79. The Morgan fingerprint density at radius 2 is 1.67 bits per heavy atom. The van der Waals surface area contributed by atoms with Crippen molar-refractivity contribution in [3.63, 3.8) is 0 Å². The van der Waals surface area contributed by atoms with Crippen LogP contribution in [0.1, 0.15) is 46.2 Å². The first-order valence-electron chi connectivity index (χ1n) is 13.4. The molecule has 0 spiro atoms. The minimum Gasteiger partial charge on any atom is -0.493 e. The van der Waals surface area contributed by atoms with Gasteiger partial charge in [0.05, 0.1) is 20.8 Å². The maximum absolute atomic E-state index is 13.7. The number of rotatable bonds is 13. The topological polar surface area (TPSA) is 71.1 Å². The number of benzene rings is 2. The van der Waals surface area contributed by atoms with Crippen LogP contribution in [0.4, 0.5) is 10.5 Å². The Morgan fingerprint density at radius 1 is 0.897 bits per heavy atom. The molecule has 39 heavy (non-hydrogen) atoms. The molecule has 2 aromatic carbocycles. The van der Waals surface area contributed by atoms with Gasteiger partial charge in [-0.1, -0.05) is 37.1 Å². The number of ether oxygens (including phenoxy) is 2. The highest BCUT2D eigenvalue weighted by Crippen LogP contribution is 2.28. The van der Waals surface area contributed by atoms with Crippen LogP contribution in [0.3, 0.4) is 0 Å². The van der Waals surface area contributed by atoms with E-state index in [0.29, 0.717) is 37.6 Å². The fourth-order valence-corrected chi connectivity index (χ4v) is 5.27. The fraction of sp³-hybridized carbons (Fsp3) is 0.419. The standard InChI is InChI=1S/C31H41N3O4S/c1-7-8-16-34(31(36)32-27-13-9-22(2)18-23(27)3)21-30(35)33(20-26-12-10-24(4)39-26)17-15-25-11-14-28(37-5)29(19-25)38-6/h9-14,18-19H,7-8,15-17,20-21H2,1-6H3,(H,32,36). The lowest BCUT2D eigenvalue weighted by Gasteiger charge is -2.28. The molecule has 1 N–H and O–H groups in total. The van der Waals surface area contributed by atoms with Crippen LogP contribution >= 0.6 is 11.3 Å². The third-order valence-electron chi connectivity index (χ3n) is 6.63. The summed E-state index contributed by atoms with van der Waals surface area (Å²) < 4.78 is 10.8. The zero-order valence-corrected chi connectivity index (χ0v) is 24.8. The number of carbonyl (C=O) groups excluding carboxylic acids is 2. The van der Waals surface area contributed by atoms with Crippen LogP contribution in [0, 0.1) is 20.8 Å². The third kappa shape index (κ3) is 8.75. The predicted octanol–water partition coefficient (Wildman–Crippen LogP) is 6.60. The summed E-state index contributed by atoms with van der Waals surface area (Å²) in [5, 5.41) is 3.02. The van der Waals surface area contributed by atoms with Gasteiger partial charge < -0.3 is 24.6 Å². The largest absolute Gasteiger partial charge is 0.493 e. The highest BCUT2D eigenvalue weighted by molar-refractivity contribution is 7.11. The molecule has 8 heteroatoms. The van der Waals surface area contributed by atoms with Gasteiger partial charge in [0.25, 0.3) is 0 Å². The third-order valence-corrected chi connectivity index (χ3v) is 7.62. The van der Waals surface area contributed by atoms with Gasteiger partial charge in [0, 0.05) is 28.5 Å². The average Bonchev–Trinajstić information content (AvgIpc) is 3.34. The van der Waals surface area contributed by atoms with Crippen molar-refractivity contribution in [3.05, 3.63) is 75.0 Å². The molecule has 0 aliphatic carbocycles. The van der Waals surface area contributed by atoms with Crippen LogP contribution in [-0.2, 0) is 17.8 Å². The number of aryl methyl sites for hydroxylation is 3.